The number of Topliss-reactive ketones (excluding diaryl/α,β-unsaturated/α-hetero) is 1. The molecule has 1 rings (SSSR count). The zero-order valence-corrected chi connectivity index (χ0v) is 10.3. The summed E-state index contributed by atoms with van der Waals surface area (Å²) in [5.74, 6) is -0.0786. The minimum atomic E-state index is -0.799. The van der Waals surface area contributed by atoms with Gasteiger partial charge in [0.1, 0.15) is 6.10 Å². The molecule has 0 spiro atoms. The van der Waals surface area contributed by atoms with Gasteiger partial charge in [-0.3, -0.25) is 4.79 Å². The molecule has 1 unspecified atom stereocenters. The van der Waals surface area contributed by atoms with Crippen LogP contribution in [0.2, 0.25) is 0 Å². The van der Waals surface area contributed by atoms with E-state index in [0.717, 1.165) is 12.0 Å². The molecule has 0 aliphatic carbocycles. The fourth-order valence-corrected chi connectivity index (χ4v) is 1.67. The summed E-state index contributed by atoms with van der Waals surface area (Å²) >= 11 is 0. The van der Waals surface area contributed by atoms with Crippen LogP contribution in [0.15, 0.2) is 18.2 Å². The predicted molar refractivity (Wildman–Crippen MR) is 65.5 cm³/mol. The molecular weight excluding hydrogens is 200 g/mol. The van der Waals surface area contributed by atoms with Crippen LogP contribution in [0.4, 0.5) is 0 Å². The van der Waals surface area contributed by atoms with Gasteiger partial charge in [0, 0.05) is 6.42 Å². The van der Waals surface area contributed by atoms with Crippen LogP contribution in [0.5, 0.6) is 0 Å². The van der Waals surface area contributed by atoms with E-state index in [9.17, 15) is 9.90 Å². The summed E-state index contributed by atoms with van der Waals surface area (Å²) in [4.78, 5) is 11.6. The zero-order valence-electron chi connectivity index (χ0n) is 10.3. The first-order valence-electron chi connectivity index (χ1n) is 5.81. The van der Waals surface area contributed by atoms with Crippen LogP contribution in [-0.4, -0.2) is 17.0 Å². The number of hydrogen-bond acceptors (Lipinski definition) is 2. The van der Waals surface area contributed by atoms with Crippen molar-refractivity contribution in [1.82, 2.24) is 0 Å². The van der Waals surface area contributed by atoms with Crippen LogP contribution >= 0.6 is 0 Å². The van der Waals surface area contributed by atoms with Crippen molar-refractivity contribution in [1.29, 1.82) is 0 Å². The van der Waals surface area contributed by atoms with E-state index in [1.807, 2.05) is 39.0 Å². The van der Waals surface area contributed by atoms with E-state index in [4.69, 9.17) is 0 Å². The Kier molecular flexibility index (Phi) is 4.69. The lowest BCUT2D eigenvalue weighted by Crippen LogP contribution is -2.21. The maximum atomic E-state index is 11.6. The minimum Gasteiger partial charge on any atom is -0.385 e. The molecular formula is C14H20O2. The summed E-state index contributed by atoms with van der Waals surface area (Å²) in [5.41, 5.74) is 3.41. The molecule has 0 saturated carbocycles. The lowest BCUT2D eigenvalue weighted by molar-refractivity contribution is -0.126. The maximum absolute atomic E-state index is 11.6. The monoisotopic (exact) mass is 220 g/mol. The van der Waals surface area contributed by atoms with E-state index in [1.54, 1.807) is 0 Å². The molecule has 0 radical (unpaired) electrons. The van der Waals surface area contributed by atoms with Crippen molar-refractivity contribution in [3.63, 3.8) is 0 Å². The second kappa shape index (κ2) is 5.80. The Morgan fingerprint density at radius 3 is 2.56 bits per heavy atom. The smallest absolute Gasteiger partial charge is 0.165 e. The predicted octanol–water partition coefficient (Wildman–Crippen LogP) is 2.58. The molecule has 0 saturated heterocycles. The molecule has 0 amide bonds. The summed E-state index contributed by atoms with van der Waals surface area (Å²) in [6.07, 6.45) is 0.929. The van der Waals surface area contributed by atoms with E-state index in [-0.39, 0.29) is 5.78 Å². The summed E-state index contributed by atoms with van der Waals surface area (Å²) in [7, 11) is 0. The summed E-state index contributed by atoms with van der Waals surface area (Å²) < 4.78 is 0. The Balaban J connectivity index is 2.66. The number of rotatable bonds is 5. The number of carbonyl (C=O) groups excluding carboxylic acids is 1. The number of ketones is 1. The number of benzene rings is 1. The molecule has 0 aromatic heterocycles. The highest BCUT2D eigenvalue weighted by Gasteiger charge is 2.14. The second-order valence-electron chi connectivity index (χ2n) is 4.37. The Hall–Kier alpha value is -1.15. The van der Waals surface area contributed by atoms with Crippen molar-refractivity contribution in [2.45, 2.75) is 46.1 Å². The van der Waals surface area contributed by atoms with E-state index in [2.05, 4.69) is 0 Å². The van der Waals surface area contributed by atoms with Crippen LogP contribution in [-0.2, 0) is 11.2 Å². The highest BCUT2D eigenvalue weighted by molar-refractivity contribution is 5.84. The molecule has 1 atom stereocenters. The lowest BCUT2D eigenvalue weighted by atomic mass is 9.99. The Morgan fingerprint density at radius 2 is 2.00 bits per heavy atom. The molecule has 1 N–H and O–H groups in total. The Labute approximate surface area is 97.3 Å². The first-order valence-corrected chi connectivity index (χ1v) is 5.81. The molecule has 0 aliphatic heterocycles. The molecule has 88 valence electrons. The third kappa shape index (κ3) is 3.46. The van der Waals surface area contributed by atoms with Gasteiger partial charge in [-0.1, -0.05) is 31.5 Å². The first kappa shape index (κ1) is 12.9. The van der Waals surface area contributed by atoms with Gasteiger partial charge in [0.2, 0.25) is 0 Å². The van der Waals surface area contributed by atoms with Crippen molar-refractivity contribution >= 4 is 5.78 Å². The van der Waals surface area contributed by atoms with Crippen molar-refractivity contribution in [3.8, 4) is 0 Å². The molecule has 0 bridgehead atoms. The van der Waals surface area contributed by atoms with E-state index < -0.39 is 6.10 Å². The molecule has 0 fully saturated rings. The number of aliphatic hydroxyl groups is 1. The molecule has 1 aromatic carbocycles. The topological polar surface area (TPSA) is 37.3 Å². The number of carbonyl (C=O) groups is 1. The summed E-state index contributed by atoms with van der Waals surface area (Å²) in [6, 6.07) is 5.99. The van der Waals surface area contributed by atoms with Gasteiger partial charge in [0.15, 0.2) is 5.78 Å². The fraction of sp³-hybridized carbons (Fsp3) is 0.500. The first-order chi connectivity index (χ1) is 7.54. The molecule has 0 heterocycles. The molecule has 2 nitrogen and oxygen atoms in total. The molecule has 0 aliphatic rings. The average molecular weight is 220 g/mol. The van der Waals surface area contributed by atoms with Crippen LogP contribution in [0.25, 0.3) is 0 Å². The minimum absolute atomic E-state index is 0.0786. The van der Waals surface area contributed by atoms with Crippen LogP contribution in [0, 0.1) is 13.8 Å². The number of aryl methyl sites for hydroxylation is 2. The standard InChI is InChI=1S/C14H20O2/c1-4-5-13(15)14(16)9-12-7-6-10(2)11(3)8-12/h6-8,13,15H,4-5,9H2,1-3H3. The third-order valence-electron chi connectivity index (χ3n) is 2.88. The van der Waals surface area contributed by atoms with Gasteiger partial charge in [-0.2, -0.15) is 0 Å². The van der Waals surface area contributed by atoms with Crippen molar-refractivity contribution in [3.05, 3.63) is 34.9 Å². The van der Waals surface area contributed by atoms with Gasteiger partial charge in [-0.05, 0) is 37.0 Å². The highest BCUT2D eigenvalue weighted by Crippen LogP contribution is 2.12. The molecule has 2 heteroatoms. The Morgan fingerprint density at radius 1 is 1.31 bits per heavy atom. The third-order valence-corrected chi connectivity index (χ3v) is 2.88. The summed E-state index contributed by atoms with van der Waals surface area (Å²) in [6.45, 7) is 6.05. The lowest BCUT2D eigenvalue weighted by Gasteiger charge is -2.09. The van der Waals surface area contributed by atoms with Gasteiger partial charge in [0.05, 0.1) is 0 Å². The van der Waals surface area contributed by atoms with Crippen molar-refractivity contribution in [2.75, 3.05) is 0 Å². The summed E-state index contributed by atoms with van der Waals surface area (Å²) in [5, 5.41) is 9.55. The van der Waals surface area contributed by atoms with Crippen molar-refractivity contribution in [2.24, 2.45) is 0 Å². The van der Waals surface area contributed by atoms with E-state index in [0.29, 0.717) is 12.8 Å². The second-order valence-corrected chi connectivity index (χ2v) is 4.37. The van der Waals surface area contributed by atoms with Gasteiger partial charge < -0.3 is 5.11 Å². The van der Waals surface area contributed by atoms with Gasteiger partial charge >= 0.3 is 0 Å². The van der Waals surface area contributed by atoms with Crippen LogP contribution in [0.1, 0.15) is 36.5 Å². The van der Waals surface area contributed by atoms with Gasteiger partial charge in [0.25, 0.3) is 0 Å². The quantitative estimate of drug-likeness (QED) is 0.828. The number of hydrogen-bond donors (Lipinski definition) is 1. The highest BCUT2D eigenvalue weighted by atomic mass is 16.3. The molecule has 16 heavy (non-hydrogen) atoms. The SMILES string of the molecule is CCCC(O)C(=O)Cc1ccc(C)c(C)c1. The van der Waals surface area contributed by atoms with Crippen LogP contribution in [0.3, 0.4) is 0 Å². The van der Waals surface area contributed by atoms with Gasteiger partial charge in [-0.15, -0.1) is 0 Å². The van der Waals surface area contributed by atoms with E-state index in [1.165, 1.54) is 11.1 Å². The zero-order chi connectivity index (χ0) is 12.1. The van der Waals surface area contributed by atoms with E-state index >= 15 is 0 Å². The fourth-order valence-electron chi connectivity index (χ4n) is 1.67. The largest absolute Gasteiger partial charge is 0.385 e. The van der Waals surface area contributed by atoms with Gasteiger partial charge in [-0.25, -0.2) is 0 Å². The molecule has 1 aromatic rings. The van der Waals surface area contributed by atoms with Crippen molar-refractivity contribution < 1.29 is 9.90 Å². The van der Waals surface area contributed by atoms with Crippen LogP contribution < -0.4 is 0 Å². The number of aliphatic hydroxyl groups excluding tert-OH is 1. The Bertz CT molecular complexity index is 369. The normalized spacial score (nSPS) is 12.5. The average Bonchev–Trinajstić information content (AvgIpc) is 2.24. The maximum Gasteiger partial charge on any atom is 0.165 e.